The van der Waals surface area contributed by atoms with Crippen LogP contribution in [0.25, 0.3) is 21.6 Å². The number of methoxy groups -OCH3 is 1. The second-order valence-corrected chi connectivity index (χ2v) is 7.64. The Morgan fingerprint density at radius 1 is 1.25 bits per heavy atom. The number of benzene rings is 1. The van der Waals surface area contributed by atoms with E-state index in [1.54, 1.807) is 23.8 Å². The highest BCUT2D eigenvalue weighted by Crippen LogP contribution is 2.24. The second kappa shape index (κ2) is 8.21. The Kier molecular flexibility index (Phi) is 5.51. The molecule has 4 rings (SSSR count). The minimum absolute atomic E-state index is 0.0860. The molecule has 0 atom stereocenters. The van der Waals surface area contributed by atoms with Gasteiger partial charge in [0.2, 0.25) is 11.7 Å². The largest absolute Gasteiger partial charge is 0.383 e. The predicted octanol–water partition coefficient (Wildman–Crippen LogP) is 3.59. The summed E-state index contributed by atoms with van der Waals surface area (Å²) >= 11 is 2.71. The summed E-state index contributed by atoms with van der Waals surface area (Å²) in [4.78, 5) is 21.6. The van der Waals surface area contributed by atoms with Crippen molar-refractivity contribution < 1.29 is 13.7 Å². The maximum Gasteiger partial charge on any atom is 0.272 e. The van der Waals surface area contributed by atoms with Gasteiger partial charge < -0.3 is 9.26 Å². The van der Waals surface area contributed by atoms with Crippen LogP contribution in [0.5, 0.6) is 0 Å². The van der Waals surface area contributed by atoms with Gasteiger partial charge in [-0.2, -0.15) is 4.98 Å². The van der Waals surface area contributed by atoms with Gasteiger partial charge in [-0.25, -0.2) is 9.37 Å². The van der Waals surface area contributed by atoms with Crippen molar-refractivity contribution in [1.82, 2.24) is 19.7 Å². The lowest BCUT2D eigenvalue weighted by Crippen LogP contribution is -2.24. The van der Waals surface area contributed by atoms with Gasteiger partial charge in [-0.15, -0.1) is 11.3 Å². The van der Waals surface area contributed by atoms with Crippen LogP contribution in [0.2, 0.25) is 0 Å². The molecule has 0 bridgehead atoms. The van der Waals surface area contributed by atoms with Gasteiger partial charge in [-0.05, 0) is 35.7 Å². The fourth-order valence-corrected chi connectivity index (χ4v) is 4.21. The molecule has 0 spiro atoms. The normalized spacial score (nSPS) is 11.4. The lowest BCUT2D eigenvalue weighted by molar-refractivity contribution is 0.183. The summed E-state index contributed by atoms with van der Waals surface area (Å²) in [5.41, 5.74) is 1.25. The summed E-state index contributed by atoms with van der Waals surface area (Å²) in [6.45, 7) is 0.810. The van der Waals surface area contributed by atoms with Gasteiger partial charge in [-0.1, -0.05) is 16.9 Å². The first kappa shape index (κ1) is 18.8. The molecule has 0 fully saturated rings. The Balaban J connectivity index is 1.57. The number of nitrogens with zero attached hydrogens (tertiary/aromatic N) is 4. The number of thioether (sulfide) groups is 1. The number of ether oxygens (including phenoxy) is 1. The SMILES string of the molecule is COCCn1c(SCc2nc(-c3ccc(F)cc3)no2)nc2ccsc2c1=O. The lowest BCUT2D eigenvalue weighted by atomic mass is 10.2. The van der Waals surface area contributed by atoms with E-state index in [1.165, 1.54) is 35.2 Å². The molecule has 28 heavy (non-hydrogen) atoms. The molecule has 0 saturated heterocycles. The molecule has 0 aliphatic carbocycles. The van der Waals surface area contributed by atoms with Crippen molar-refractivity contribution in [1.29, 1.82) is 0 Å². The average molecular weight is 418 g/mol. The first-order chi connectivity index (χ1) is 13.7. The molecule has 0 amide bonds. The van der Waals surface area contributed by atoms with Crippen molar-refractivity contribution in [2.24, 2.45) is 0 Å². The van der Waals surface area contributed by atoms with E-state index in [9.17, 15) is 9.18 Å². The van der Waals surface area contributed by atoms with Gasteiger partial charge in [0.05, 0.1) is 24.4 Å². The minimum atomic E-state index is -0.327. The Bertz CT molecular complexity index is 1150. The number of aromatic nitrogens is 4. The lowest BCUT2D eigenvalue weighted by Gasteiger charge is -2.10. The van der Waals surface area contributed by atoms with Crippen LogP contribution in [0.15, 0.2) is 50.2 Å². The fraction of sp³-hybridized carbons (Fsp3) is 0.222. The fourth-order valence-electron chi connectivity index (χ4n) is 2.57. The highest BCUT2D eigenvalue weighted by Gasteiger charge is 2.15. The molecule has 7 nitrogen and oxygen atoms in total. The maximum atomic E-state index is 13.1. The summed E-state index contributed by atoms with van der Waals surface area (Å²) in [5.74, 6) is 0.798. The summed E-state index contributed by atoms with van der Waals surface area (Å²) in [7, 11) is 1.59. The van der Waals surface area contributed by atoms with E-state index < -0.39 is 0 Å². The summed E-state index contributed by atoms with van der Waals surface area (Å²) in [5, 5.41) is 6.34. The average Bonchev–Trinajstić information content (AvgIpc) is 3.36. The smallest absolute Gasteiger partial charge is 0.272 e. The van der Waals surface area contributed by atoms with Crippen molar-refractivity contribution in [2.45, 2.75) is 17.5 Å². The number of thiophene rings is 1. The monoisotopic (exact) mass is 418 g/mol. The van der Waals surface area contributed by atoms with Crippen LogP contribution in [-0.4, -0.2) is 33.4 Å². The van der Waals surface area contributed by atoms with Gasteiger partial charge in [0.1, 0.15) is 10.5 Å². The number of hydrogen-bond donors (Lipinski definition) is 0. The first-order valence-electron chi connectivity index (χ1n) is 8.34. The van der Waals surface area contributed by atoms with Gasteiger partial charge in [0.15, 0.2) is 5.16 Å². The summed E-state index contributed by atoms with van der Waals surface area (Å²) < 4.78 is 25.7. The summed E-state index contributed by atoms with van der Waals surface area (Å²) in [6.07, 6.45) is 0. The third kappa shape index (κ3) is 3.84. The quantitative estimate of drug-likeness (QED) is 0.335. The Morgan fingerprint density at radius 2 is 2.07 bits per heavy atom. The number of hydrogen-bond acceptors (Lipinski definition) is 8. The number of halogens is 1. The molecule has 1 aromatic carbocycles. The molecule has 144 valence electrons. The topological polar surface area (TPSA) is 83.0 Å². The van der Waals surface area contributed by atoms with Crippen LogP contribution in [0, 0.1) is 5.82 Å². The number of rotatable bonds is 7. The highest BCUT2D eigenvalue weighted by molar-refractivity contribution is 7.98. The van der Waals surface area contributed by atoms with E-state index in [4.69, 9.17) is 9.26 Å². The molecule has 3 aromatic heterocycles. The van der Waals surface area contributed by atoms with Gasteiger partial charge in [0.25, 0.3) is 5.56 Å². The molecule has 0 aliphatic rings. The van der Waals surface area contributed by atoms with Crippen LogP contribution in [0.4, 0.5) is 4.39 Å². The molecule has 0 N–H and O–H groups in total. The minimum Gasteiger partial charge on any atom is -0.383 e. The standard InChI is InChI=1S/C18H15FN4O3S2/c1-25-8-7-23-17(24)15-13(6-9-27-15)20-18(23)28-10-14-21-16(22-26-14)11-2-4-12(19)5-3-11/h2-6,9H,7-8,10H2,1H3. The molecule has 10 heteroatoms. The van der Waals surface area contributed by atoms with Gasteiger partial charge >= 0.3 is 0 Å². The highest BCUT2D eigenvalue weighted by atomic mass is 32.2. The van der Waals surface area contributed by atoms with E-state index in [1.807, 2.05) is 11.4 Å². The van der Waals surface area contributed by atoms with E-state index in [0.29, 0.717) is 51.6 Å². The van der Waals surface area contributed by atoms with Crippen molar-refractivity contribution in [2.75, 3.05) is 13.7 Å². The number of fused-ring (bicyclic) bond motifs is 1. The molecule has 0 aliphatic heterocycles. The third-order valence-electron chi connectivity index (χ3n) is 3.95. The summed E-state index contributed by atoms with van der Waals surface area (Å²) in [6, 6.07) is 7.69. The van der Waals surface area contributed by atoms with Crippen LogP contribution in [0.3, 0.4) is 0 Å². The zero-order chi connectivity index (χ0) is 19.5. The van der Waals surface area contributed by atoms with E-state index >= 15 is 0 Å². The van der Waals surface area contributed by atoms with Crippen molar-refractivity contribution in [3.8, 4) is 11.4 Å². The first-order valence-corrected chi connectivity index (χ1v) is 10.2. The van der Waals surface area contributed by atoms with Crippen LogP contribution < -0.4 is 5.56 Å². The molecule has 0 saturated carbocycles. The molecular formula is C18H15FN4O3S2. The van der Waals surface area contributed by atoms with E-state index in [0.717, 1.165) is 0 Å². The molecule has 0 unspecified atom stereocenters. The maximum absolute atomic E-state index is 13.1. The van der Waals surface area contributed by atoms with Gasteiger partial charge in [0, 0.05) is 12.7 Å². The predicted molar refractivity (Wildman–Crippen MR) is 105 cm³/mol. The molecule has 3 heterocycles. The van der Waals surface area contributed by atoms with Crippen molar-refractivity contribution in [3.63, 3.8) is 0 Å². The van der Waals surface area contributed by atoms with Crippen molar-refractivity contribution in [3.05, 3.63) is 57.8 Å². The third-order valence-corrected chi connectivity index (χ3v) is 5.80. The Morgan fingerprint density at radius 3 is 2.86 bits per heavy atom. The Labute approximate surface area is 167 Å². The zero-order valence-electron chi connectivity index (χ0n) is 14.8. The van der Waals surface area contributed by atoms with Crippen LogP contribution >= 0.6 is 23.1 Å². The van der Waals surface area contributed by atoms with Crippen LogP contribution in [0.1, 0.15) is 5.89 Å². The van der Waals surface area contributed by atoms with Crippen molar-refractivity contribution >= 4 is 33.3 Å². The second-order valence-electron chi connectivity index (χ2n) is 5.79. The molecule has 0 radical (unpaired) electrons. The molecule has 4 aromatic rings. The molecular weight excluding hydrogens is 403 g/mol. The van der Waals surface area contributed by atoms with Crippen LogP contribution in [-0.2, 0) is 17.0 Å². The van der Waals surface area contributed by atoms with Gasteiger partial charge in [-0.3, -0.25) is 9.36 Å². The Hall–Kier alpha value is -2.56. The zero-order valence-corrected chi connectivity index (χ0v) is 16.4. The van der Waals surface area contributed by atoms with E-state index in [-0.39, 0.29) is 11.4 Å². The van der Waals surface area contributed by atoms with E-state index in [2.05, 4.69) is 15.1 Å².